The quantitative estimate of drug-likeness (QED) is 0.573. The zero-order valence-corrected chi connectivity index (χ0v) is 19.7. The highest BCUT2D eigenvalue weighted by Gasteiger charge is 2.28. The number of anilines is 2. The maximum absolute atomic E-state index is 13.3. The second-order valence-electron chi connectivity index (χ2n) is 8.95. The number of nitrogens with zero attached hydrogens (tertiary/aromatic N) is 4. The molecular formula is C26H31N5OS. The smallest absolute Gasteiger partial charge is 0.238 e. The minimum atomic E-state index is -0.389. The summed E-state index contributed by atoms with van der Waals surface area (Å²) in [6, 6.07) is 20.5. The largest absolute Gasteiger partial charge is 0.346 e. The molecule has 2 fully saturated rings. The lowest BCUT2D eigenvalue weighted by Gasteiger charge is -2.40. The number of carbonyl (C=O) groups excluding carboxylic acids is 1. The van der Waals surface area contributed by atoms with Crippen LogP contribution in [0.15, 0.2) is 60.7 Å². The first-order valence-electron chi connectivity index (χ1n) is 12.0. The molecule has 3 heterocycles. The Hall–Kier alpha value is -2.77. The summed E-state index contributed by atoms with van der Waals surface area (Å²) in [4.78, 5) is 18.3. The van der Waals surface area contributed by atoms with Gasteiger partial charge in [0.1, 0.15) is 0 Å². The van der Waals surface area contributed by atoms with Gasteiger partial charge in [-0.2, -0.15) is 0 Å². The lowest BCUT2D eigenvalue weighted by Crippen LogP contribution is -2.46. The third-order valence-corrected chi connectivity index (χ3v) is 7.71. The molecule has 5 rings (SSSR count). The number of amides is 1. The van der Waals surface area contributed by atoms with Crippen LogP contribution in [0.2, 0.25) is 0 Å². The molecule has 0 atom stereocenters. The van der Waals surface area contributed by atoms with Gasteiger partial charge in [-0.15, -0.1) is 10.2 Å². The number of hydrogen-bond acceptors (Lipinski definition) is 6. The second kappa shape index (κ2) is 10.4. The Bertz CT molecular complexity index is 988. The minimum absolute atomic E-state index is 0.0843. The molecule has 1 amide bonds. The Kier molecular flexibility index (Phi) is 6.98. The van der Waals surface area contributed by atoms with E-state index in [1.165, 1.54) is 56.5 Å². The first-order chi connectivity index (χ1) is 16.3. The summed E-state index contributed by atoms with van der Waals surface area (Å²) in [5.74, 6) is -0.473. The van der Waals surface area contributed by atoms with Gasteiger partial charge in [0.25, 0.3) is 0 Å². The number of nitrogens with one attached hydrogen (secondary N) is 1. The number of carbonyl (C=O) groups is 1. The van der Waals surface area contributed by atoms with Crippen LogP contribution >= 0.6 is 11.3 Å². The van der Waals surface area contributed by atoms with Crippen molar-refractivity contribution >= 4 is 27.5 Å². The number of likely N-dealkylation sites (tertiary alicyclic amines) is 1. The van der Waals surface area contributed by atoms with E-state index in [4.69, 9.17) is 0 Å². The van der Waals surface area contributed by atoms with Crippen molar-refractivity contribution < 1.29 is 4.79 Å². The number of aromatic nitrogens is 2. The molecule has 1 N–H and O–H groups in total. The first-order valence-corrected chi connectivity index (χ1v) is 12.8. The number of rotatable bonds is 6. The molecule has 0 radical (unpaired) electrons. The zero-order valence-electron chi connectivity index (χ0n) is 18.9. The van der Waals surface area contributed by atoms with Crippen LogP contribution in [0.1, 0.15) is 49.1 Å². The molecule has 3 aromatic rings. The second-order valence-corrected chi connectivity index (χ2v) is 9.90. The Morgan fingerprint density at radius 3 is 2.06 bits per heavy atom. The van der Waals surface area contributed by atoms with E-state index in [1.807, 2.05) is 60.7 Å². The summed E-state index contributed by atoms with van der Waals surface area (Å²) in [6.45, 7) is 4.51. The van der Waals surface area contributed by atoms with E-state index in [0.29, 0.717) is 11.2 Å². The van der Waals surface area contributed by atoms with Crippen LogP contribution in [0.25, 0.3) is 0 Å². The van der Waals surface area contributed by atoms with Crippen molar-refractivity contribution in [3.8, 4) is 0 Å². The van der Waals surface area contributed by atoms with Crippen LogP contribution in [0.5, 0.6) is 0 Å². The predicted molar refractivity (Wildman–Crippen MR) is 134 cm³/mol. The molecule has 172 valence electrons. The highest BCUT2D eigenvalue weighted by molar-refractivity contribution is 7.19. The van der Waals surface area contributed by atoms with Gasteiger partial charge in [0.2, 0.25) is 16.2 Å². The van der Waals surface area contributed by atoms with Crippen LogP contribution in [-0.4, -0.2) is 53.2 Å². The molecule has 7 heteroatoms. The van der Waals surface area contributed by atoms with Crippen molar-refractivity contribution in [2.45, 2.75) is 44.1 Å². The number of benzene rings is 2. The van der Waals surface area contributed by atoms with Gasteiger partial charge < -0.3 is 9.80 Å². The molecule has 0 spiro atoms. The first kappa shape index (κ1) is 22.0. The summed E-state index contributed by atoms with van der Waals surface area (Å²) in [5.41, 5.74) is 1.93. The third kappa shape index (κ3) is 5.25. The van der Waals surface area contributed by atoms with Crippen molar-refractivity contribution in [3.05, 3.63) is 71.8 Å². The van der Waals surface area contributed by atoms with E-state index in [-0.39, 0.29) is 11.8 Å². The van der Waals surface area contributed by atoms with Crippen molar-refractivity contribution in [2.24, 2.45) is 0 Å². The van der Waals surface area contributed by atoms with Gasteiger partial charge in [-0.3, -0.25) is 10.1 Å². The Morgan fingerprint density at radius 2 is 1.45 bits per heavy atom. The maximum Gasteiger partial charge on any atom is 0.238 e. The fourth-order valence-electron chi connectivity index (χ4n) is 5.06. The Balaban J connectivity index is 1.24. The average molecular weight is 462 g/mol. The standard InChI is InChI=1S/C26H31N5OS/c32-24(23(20-10-4-1-5-11-20)21-12-6-2-7-13-21)27-25-28-29-26(33-25)31-18-14-22(15-19-31)30-16-8-3-9-17-30/h1-2,4-7,10-13,22-23H,3,8-9,14-19H2,(H,27,28,32). The van der Waals surface area contributed by atoms with Gasteiger partial charge in [0.15, 0.2) is 0 Å². The van der Waals surface area contributed by atoms with Gasteiger partial charge in [0, 0.05) is 19.1 Å². The van der Waals surface area contributed by atoms with Crippen molar-refractivity contribution in [2.75, 3.05) is 36.4 Å². The van der Waals surface area contributed by atoms with Gasteiger partial charge in [-0.1, -0.05) is 78.4 Å². The summed E-state index contributed by atoms with van der Waals surface area (Å²) >= 11 is 1.47. The highest BCUT2D eigenvalue weighted by Crippen LogP contribution is 2.31. The van der Waals surface area contributed by atoms with Crippen LogP contribution in [-0.2, 0) is 4.79 Å². The van der Waals surface area contributed by atoms with Crippen molar-refractivity contribution in [1.29, 1.82) is 0 Å². The van der Waals surface area contributed by atoms with Crippen LogP contribution < -0.4 is 10.2 Å². The molecule has 2 aliphatic rings. The van der Waals surface area contributed by atoms with Gasteiger partial charge in [0.05, 0.1) is 5.92 Å². The normalized spacial score (nSPS) is 17.9. The third-order valence-electron chi connectivity index (χ3n) is 6.81. The van der Waals surface area contributed by atoms with E-state index < -0.39 is 0 Å². The molecule has 0 unspecified atom stereocenters. The molecule has 6 nitrogen and oxygen atoms in total. The van der Waals surface area contributed by atoms with Crippen LogP contribution in [0.3, 0.4) is 0 Å². The highest BCUT2D eigenvalue weighted by atomic mass is 32.1. The summed E-state index contributed by atoms with van der Waals surface area (Å²) in [6.07, 6.45) is 6.40. The van der Waals surface area contributed by atoms with Crippen molar-refractivity contribution in [3.63, 3.8) is 0 Å². The molecule has 0 aliphatic carbocycles. The van der Waals surface area contributed by atoms with Gasteiger partial charge in [-0.05, 0) is 49.9 Å². The maximum atomic E-state index is 13.3. The lowest BCUT2D eigenvalue weighted by molar-refractivity contribution is -0.116. The monoisotopic (exact) mass is 461 g/mol. The minimum Gasteiger partial charge on any atom is -0.346 e. The summed E-state index contributed by atoms with van der Waals surface area (Å²) in [5, 5.41) is 13.2. The molecule has 33 heavy (non-hydrogen) atoms. The van der Waals surface area contributed by atoms with E-state index in [2.05, 4.69) is 25.3 Å². The molecule has 2 saturated heterocycles. The fraction of sp³-hybridized carbons (Fsp3) is 0.423. The summed E-state index contributed by atoms with van der Waals surface area (Å²) in [7, 11) is 0. The predicted octanol–water partition coefficient (Wildman–Crippen LogP) is 4.76. The number of hydrogen-bond donors (Lipinski definition) is 1. The average Bonchev–Trinajstić information content (AvgIpc) is 3.34. The van der Waals surface area contributed by atoms with E-state index >= 15 is 0 Å². The van der Waals surface area contributed by atoms with Gasteiger partial charge in [-0.25, -0.2) is 0 Å². The summed E-state index contributed by atoms with van der Waals surface area (Å²) < 4.78 is 0. The van der Waals surface area contributed by atoms with E-state index in [9.17, 15) is 4.79 Å². The number of piperidine rings is 2. The Labute approximate surface area is 199 Å². The SMILES string of the molecule is O=C(Nc1nnc(N2CCC(N3CCCCC3)CC2)s1)C(c1ccccc1)c1ccccc1. The molecule has 0 bridgehead atoms. The topological polar surface area (TPSA) is 61.4 Å². The zero-order chi connectivity index (χ0) is 22.5. The molecular weight excluding hydrogens is 430 g/mol. The van der Waals surface area contributed by atoms with Gasteiger partial charge >= 0.3 is 0 Å². The molecule has 0 saturated carbocycles. The fourth-order valence-corrected chi connectivity index (χ4v) is 5.86. The lowest BCUT2D eigenvalue weighted by atomic mass is 9.90. The molecule has 2 aliphatic heterocycles. The van der Waals surface area contributed by atoms with Crippen molar-refractivity contribution in [1.82, 2.24) is 15.1 Å². The Morgan fingerprint density at radius 1 is 0.848 bits per heavy atom. The van der Waals surface area contributed by atoms with E-state index in [0.717, 1.165) is 29.3 Å². The van der Waals surface area contributed by atoms with Crippen LogP contribution in [0.4, 0.5) is 10.3 Å². The molecule has 1 aromatic heterocycles. The molecule has 2 aromatic carbocycles. The van der Waals surface area contributed by atoms with Crippen LogP contribution in [0, 0.1) is 0 Å². The van der Waals surface area contributed by atoms with E-state index in [1.54, 1.807) is 0 Å².